The highest BCUT2D eigenvalue weighted by Gasteiger charge is 2.27. The minimum atomic E-state index is 0.454. The molecule has 1 heteroatoms. The molecule has 1 fully saturated rings. The first-order valence-electron chi connectivity index (χ1n) is 5.48. The molecule has 0 spiro atoms. The Morgan fingerprint density at radius 2 is 1.79 bits per heavy atom. The molecule has 0 aromatic heterocycles. The largest absolute Gasteiger partial charge is 0.327 e. The minimum absolute atomic E-state index is 0.454. The van der Waals surface area contributed by atoms with Gasteiger partial charge >= 0.3 is 0 Å². The van der Waals surface area contributed by atoms with Gasteiger partial charge in [-0.05, 0) is 44.6 Å². The van der Waals surface area contributed by atoms with Crippen molar-refractivity contribution in [3.05, 3.63) is 34.9 Å². The molecular weight excluding hydrogens is 170 g/mol. The van der Waals surface area contributed by atoms with Gasteiger partial charge in [0.15, 0.2) is 0 Å². The summed E-state index contributed by atoms with van der Waals surface area (Å²) in [4.78, 5) is 0. The summed E-state index contributed by atoms with van der Waals surface area (Å²) in [5.41, 5.74) is 10.1. The average molecular weight is 189 g/mol. The lowest BCUT2D eigenvalue weighted by Gasteiger charge is -2.33. The fourth-order valence-electron chi connectivity index (χ4n) is 2.34. The lowest BCUT2D eigenvalue weighted by atomic mass is 9.76. The predicted molar refractivity (Wildman–Crippen MR) is 60.3 cm³/mol. The van der Waals surface area contributed by atoms with E-state index in [1.807, 2.05) is 0 Å². The first kappa shape index (κ1) is 9.72. The van der Waals surface area contributed by atoms with Crippen molar-refractivity contribution in [1.29, 1.82) is 0 Å². The molecule has 1 aliphatic rings. The van der Waals surface area contributed by atoms with E-state index in [1.165, 1.54) is 36.0 Å². The molecule has 0 heterocycles. The Morgan fingerprint density at radius 3 is 2.21 bits per heavy atom. The van der Waals surface area contributed by atoms with Gasteiger partial charge in [-0.25, -0.2) is 0 Å². The van der Waals surface area contributed by atoms with E-state index in [2.05, 4.69) is 32.0 Å². The molecule has 2 atom stereocenters. The van der Waals surface area contributed by atoms with Crippen molar-refractivity contribution < 1.29 is 0 Å². The quantitative estimate of drug-likeness (QED) is 0.760. The SMILES string of the molecule is Cc1cc(C)cc(CC2CCC2N)c1. The van der Waals surface area contributed by atoms with E-state index >= 15 is 0 Å². The molecule has 0 amide bonds. The van der Waals surface area contributed by atoms with Crippen molar-refractivity contribution in [2.75, 3.05) is 0 Å². The lowest BCUT2D eigenvalue weighted by molar-refractivity contribution is 0.256. The van der Waals surface area contributed by atoms with Crippen LogP contribution in [0.2, 0.25) is 0 Å². The average Bonchev–Trinajstić information content (AvgIpc) is 2.10. The zero-order valence-electron chi connectivity index (χ0n) is 9.09. The summed E-state index contributed by atoms with van der Waals surface area (Å²) in [6.45, 7) is 4.33. The van der Waals surface area contributed by atoms with Crippen LogP contribution in [0.3, 0.4) is 0 Å². The van der Waals surface area contributed by atoms with Crippen LogP contribution >= 0.6 is 0 Å². The van der Waals surface area contributed by atoms with Crippen molar-refractivity contribution >= 4 is 0 Å². The maximum absolute atomic E-state index is 5.95. The Morgan fingerprint density at radius 1 is 1.14 bits per heavy atom. The van der Waals surface area contributed by atoms with E-state index in [0.717, 1.165) is 5.92 Å². The fourth-order valence-corrected chi connectivity index (χ4v) is 2.34. The van der Waals surface area contributed by atoms with Crippen LogP contribution in [-0.4, -0.2) is 6.04 Å². The Hall–Kier alpha value is -0.820. The normalized spacial score (nSPS) is 25.9. The van der Waals surface area contributed by atoms with Crippen molar-refractivity contribution in [3.8, 4) is 0 Å². The molecule has 1 saturated carbocycles. The van der Waals surface area contributed by atoms with Crippen LogP contribution in [0.1, 0.15) is 29.5 Å². The first-order valence-corrected chi connectivity index (χ1v) is 5.48. The summed E-state index contributed by atoms with van der Waals surface area (Å²) in [5, 5.41) is 0. The van der Waals surface area contributed by atoms with Gasteiger partial charge in [0, 0.05) is 6.04 Å². The van der Waals surface area contributed by atoms with Gasteiger partial charge < -0.3 is 5.73 Å². The molecule has 1 nitrogen and oxygen atoms in total. The summed E-state index contributed by atoms with van der Waals surface area (Å²) < 4.78 is 0. The monoisotopic (exact) mass is 189 g/mol. The highest BCUT2D eigenvalue weighted by molar-refractivity contribution is 5.29. The first-order chi connectivity index (χ1) is 6.65. The number of aryl methyl sites for hydroxylation is 2. The van der Waals surface area contributed by atoms with Crippen molar-refractivity contribution in [3.63, 3.8) is 0 Å². The van der Waals surface area contributed by atoms with Crippen molar-refractivity contribution in [2.24, 2.45) is 11.7 Å². The van der Waals surface area contributed by atoms with Gasteiger partial charge in [-0.2, -0.15) is 0 Å². The van der Waals surface area contributed by atoms with E-state index in [1.54, 1.807) is 0 Å². The van der Waals surface area contributed by atoms with E-state index in [4.69, 9.17) is 5.73 Å². The fraction of sp³-hybridized carbons (Fsp3) is 0.538. The Labute approximate surface area is 86.3 Å². The van der Waals surface area contributed by atoms with Gasteiger partial charge in [-0.3, -0.25) is 0 Å². The predicted octanol–water partition coefficient (Wildman–Crippen LogP) is 2.58. The molecule has 76 valence electrons. The summed E-state index contributed by atoms with van der Waals surface area (Å²) in [6, 6.07) is 7.26. The van der Waals surface area contributed by atoms with E-state index < -0.39 is 0 Å². The molecule has 0 saturated heterocycles. The molecule has 2 N–H and O–H groups in total. The number of hydrogen-bond acceptors (Lipinski definition) is 1. The zero-order chi connectivity index (χ0) is 10.1. The van der Waals surface area contributed by atoms with Crippen LogP contribution in [0.25, 0.3) is 0 Å². The van der Waals surface area contributed by atoms with Crippen LogP contribution in [0.5, 0.6) is 0 Å². The number of nitrogens with two attached hydrogens (primary N) is 1. The second-order valence-corrected chi connectivity index (χ2v) is 4.70. The smallest absolute Gasteiger partial charge is 0.00704 e. The second kappa shape index (κ2) is 3.74. The number of hydrogen-bond donors (Lipinski definition) is 1. The third kappa shape index (κ3) is 1.98. The van der Waals surface area contributed by atoms with Gasteiger partial charge in [-0.15, -0.1) is 0 Å². The van der Waals surface area contributed by atoms with Crippen LogP contribution in [0.15, 0.2) is 18.2 Å². The standard InChI is InChI=1S/C13H19N/c1-9-5-10(2)7-11(6-9)8-12-3-4-13(12)14/h5-7,12-13H,3-4,8,14H2,1-2H3. The van der Waals surface area contributed by atoms with Crippen LogP contribution in [0.4, 0.5) is 0 Å². The van der Waals surface area contributed by atoms with Gasteiger partial charge in [0.2, 0.25) is 0 Å². The van der Waals surface area contributed by atoms with Gasteiger partial charge in [0.05, 0.1) is 0 Å². The van der Waals surface area contributed by atoms with E-state index in [-0.39, 0.29) is 0 Å². The molecule has 1 aromatic rings. The van der Waals surface area contributed by atoms with Gasteiger partial charge in [0.25, 0.3) is 0 Å². The summed E-state index contributed by atoms with van der Waals surface area (Å²) in [5.74, 6) is 0.733. The molecule has 1 aromatic carbocycles. The molecule has 2 unspecified atom stereocenters. The minimum Gasteiger partial charge on any atom is -0.327 e. The summed E-state index contributed by atoms with van der Waals surface area (Å²) in [7, 11) is 0. The van der Waals surface area contributed by atoms with E-state index in [9.17, 15) is 0 Å². The van der Waals surface area contributed by atoms with E-state index in [0.29, 0.717) is 6.04 Å². The van der Waals surface area contributed by atoms with Gasteiger partial charge in [-0.1, -0.05) is 29.3 Å². The highest BCUT2D eigenvalue weighted by atomic mass is 14.7. The molecule has 0 bridgehead atoms. The lowest BCUT2D eigenvalue weighted by Crippen LogP contribution is -2.40. The highest BCUT2D eigenvalue weighted by Crippen LogP contribution is 2.29. The topological polar surface area (TPSA) is 26.0 Å². The third-order valence-corrected chi connectivity index (χ3v) is 3.26. The summed E-state index contributed by atoms with van der Waals surface area (Å²) in [6.07, 6.45) is 3.70. The molecule has 0 radical (unpaired) electrons. The summed E-state index contributed by atoms with van der Waals surface area (Å²) >= 11 is 0. The zero-order valence-corrected chi connectivity index (χ0v) is 9.09. The Kier molecular flexibility index (Phi) is 2.60. The molecular formula is C13H19N. The Balaban J connectivity index is 2.08. The Bertz CT molecular complexity index is 310. The molecule has 0 aliphatic heterocycles. The van der Waals surface area contributed by atoms with Crippen LogP contribution < -0.4 is 5.73 Å². The van der Waals surface area contributed by atoms with Crippen LogP contribution in [0, 0.1) is 19.8 Å². The number of benzene rings is 1. The molecule has 2 rings (SSSR count). The van der Waals surface area contributed by atoms with Crippen LogP contribution in [-0.2, 0) is 6.42 Å². The number of rotatable bonds is 2. The second-order valence-electron chi connectivity index (χ2n) is 4.70. The van der Waals surface area contributed by atoms with Gasteiger partial charge in [0.1, 0.15) is 0 Å². The van der Waals surface area contributed by atoms with Crippen molar-refractivity contribution in [1.82, 2.24) is 0 Å². The van der Waals surface area contributed by atoms with Crippen molar-refractivity contribution in [2.45, 2.75) is 39.2 Å². The third-order valence-electron chi connectivity index (χ3n) is 3.26. The maximum Gasteiger partial charge on any atom is 0.00704 e. The maximum atomic E-state index is 5.95. The molecule has 1 aliphatic carbocycles. The molecule has 14 heavy (non-hydrogen) atoms.